The van der Waals surface area contributed by atoms with Gasteiger partial charge in [0.15, 0.2) is 0 Å². The van der Waals surface area contributed by atoms with Crippen LogP contribution in [0.5, 0.6) is 0 Å². The van der Waals surface area contributed by atoms with Crippen LogP contribution in [0.25, 0.3) is 0 Å². The fourth-order valence-electron chi connectivity index (χ4n) is 1.88. The molecule has 1 aliphatic rings. The lowest BCUT2D eigenvalue weighted by Crippen LogP contribution is -2.26. The van der Waals surface area contributed by atoms with Crippen molar-refractivity contribution in [3.05, 3.63) is 20.3 Å². The van der Waals surface area contributed by atoms with Crippen LogP contribution >= 0.6 is 34.5 Å². The molecule has 2 rings (SSSR count). The molecular formula is C10H13Cl2NOS. The van der Waals surface area contributed by atoms with Gasteiger partial charge < -0.3 is 10.5 Å². The van der Waals surface area contributed by atoms with E-state index in [9.17, 15) is 0 Å². The Morgan fingerprint density at radius 1 is 1.53 bits per heavy atom. The summed E-state index contributed by atoms with van der Waals surface area (Å²) in [5.74, 6) is 0. The molecule has 3 unspecified atom stereocenters. The van der Waals surface area contributed by atoms with Crippen LogP contribution in [0.1, 0.15) is 31.4 Å². The molecule has 15 heavy (non-hydrogen) atoms. The number of rotatable bonds is 2. The second-order valence-electron chi connectivity index (χ2n) is 3.87. The Kier molecular flexibility index (Phi) is 3.58. The Morgan fingerprint density at radius 3 is 2.73 bits per heavy atom. The van der Waals surface area contributed by atoms with Gasteiger partial charge in [-0.2, -0.15) is 0 Å². The Labute approximate surface area is 103 Å². The molecular weight excluding hydrogens is 253 g/mol. The van der Waals surface area contributed by atoms with Gasteiger partial charge in [-0.05, 0) is 25.8 Å². The third kappa shape index (κ3) is 2.48. The minimum Gasteiger partial charge on any atom is -0.373 e. The van der Waals surface area contributed by atoms with Crippen LogP contribution < -0.4 is 5.73 Å². The van der Waals surface area contributed by atoms with E-state index < -0.39 is 0 Å². The van der Waals surface area contributed by atoms with E-state index >= 15 is 0 Å². The summed E-state index contributed by atoms with van der Waals surface area (Å²) < 4.78 is 7.07. The average molecular weight is 266 g/mol. The predicted octanol–water partition coefficient (Wildman–Crippen LogP) is 3.62. The van der Waals surface area contributed by atoms with Crippen LogP contribution in [0.2, 0.25) is 8.67 Å². The Morgan fingerprint density at radius 2 is 2.27 bits per heavy atom. The standard InChI is InChI=1S/C10H13Cl2NOS/c1-5-2-3-7(14-5)9(13)6-4-8(11)15-10(6)12/h4-5,7,9H,2-3,13H2,1H3. The number of thiophene rings is 1. The lowest BCUT2D eigenvalue weighted by Gasteiger charge is -2.18. The molecule has 5 heteroatoms. The number of hydrogen-bond acceptors (Lipinski definition) is 3. The summed E-state index contributed by atoms with van der Waals surface area (Å²) >= 11 is 13.3. The first-order chi connectivity index (χ1) is 7.08. The fraction of sp³-hybridized carbons (Fsp3) is 0.600. The zero-order valence-corrected chi connectivity index (χ0v) is 10.7. The molecule has 0 saturated carbocycles. The second kappa shape index (κ2) is 4.60. The summed E-state index contributed by atoms with van der Waals surface area (Å²) in [6.45, 7) is 2.06. The highest BCUT2D eigenvalue weighted by molar-refractivity contribution is 7.20. The van der Waals surface area contributed by atoms with E-state index in [4.69, 9.17) is 33.7 Å². The largest absolute Gasteiger partial charge is 0.373 e. The van der Waals surface area contributed by atoms with E-state index in [2.05, 4.69) is 6.92 Å². The molecule has 0 aromatic carbocycles. The molecule has 0 radical (unpaired) electrons. The summed E-state index contributed by atoms with van der Waals surface area (Å²) in [5, 5.41) is 0. The molecule has 0 spiro atoms. The van der Waals surface area contributed by atoms with E-state index in [0.29, 0.717) is 14.8 Å². The van der Waals surface area contributed by atoms with Crippen LogP contribution in [0, 0.1) is 0 Å². The van der Waals surface area contributed by atoms with Gasteiger partial charge in [0.05, 0.1) is 26.9 Å². The maximum atomic E-state index is 6.12. The second-order valence-corrected chi connectivity index (χ2v) is 6.15. The van der Waals surface area contributed by atoms with Crippen molar-refractivity contribution in [1.82, 2.24) is 0 Å². The zero-order chi connectivity index (χ0) is 11.0. The topological polar surface area (TPSA) is 35.2 Å². The molecule has 2 nitrogen and oxygen atoms in total. The van der Waals surface area contributed by atoms with Gasteiger partial charge in [-0.1, -0.05) is 23.2 Å². The highest BCUT2D eigenvalue weighted by Gasteiger charge is 2.30. The molecule has 2 N–H and O–H groups in total. The van der Waals surface area contributed by atoms with Crippen LogP contribution in [0.4, 0.5) is 0 Å². The van der Waals surface area contributed by atoms with Crippen molar-refractivity contribution >= 4 is 34.5 Å². The lowest BCUT2D eigenvalue weighted by atomic mass is 10.0. The van der Waals surface area contributed by atoms with Crippen LogP contribution in [0.3, 0.4) is 0 Å². The van der Waals surface area contributed by atoms with Gasteiger partial charge in [-0.3, -0.25) is 0 Å². The first-order valence-corrected chi connectivity index (χ1v) is 6.51. The summed E-state index contributed by atoms with van der Waals surface area (Å²) in [7, 11) is 0. The molecule has 1 aromatic rings. The van der Waals surface area contributed by atoms with E-state index in [0.717, 1.165) is 18.4 Å². The Balaban J connectivity index is 2.13. The maximum absolute atomic E-state index is 6.12. The van der Waals surface area contributed by atoms with Crippen molar-refractivity contribution < 1.29 is 4.74 Å². The van der Waals surface area contributed by atoms with Crippen LogP contribution in [-0.2, 0) is 4.74 Å². The van der Waals surface area contributed by atoms with Gasteiger partial charge in [0.25, 0.3) is 0 Å². The third-order valence-corrected chi connectivity index (χ3v) is 4.23. The minimum absolute atomic E-state index is 0.0724. The Bertz CT molecular complexity index is 355. The van der Waals surface area contributed by atoms with Crippen molar-refractivity contribution in [2.75, 3.05) is 0 Å². The number of halogens is 2. The van der Waals surface area contributed by atoms with Gasteiger partial charge >= 0.3 is 0 Å². The summed E-state index contributed by atoms with van der Waals surface area (Å²) in [4.78, 5) is 0. The van der Waals surface area contributed by atoms with Crippen LogP contribution in [-0.4, -0.2) is 12.2 Å². The van der Waals surface area contributed by atoms with Crippen molar-refractivity contribution in [1.29, 1.82) is 0 Å². The van der Waals surface area contributed by atoms with Gasteiger partial charge in [-0.25, -0.2) is 0 Å². The van der Waals surface area contributed by atoms with E-state index in [1.165, 1.54) is 11.3 Å². The average Bonchev–Trinajstić information content (AvgIpc) is 2.71. The monoisotopic (exact) mass is 265 g/mol. The molecule has 1 aromatic heterocycles. The Hall–Kier alpha value is 0.200. The number of hydrogen-bond donors (Lipinski definition) is 1. The van der Waals surface area contributed by atoms with Crippen molar-refractivity contribution in [3.63, 3.8) is 0 Å². The predicted molar refractivity (Wildman–Crippen MR) is 64.8 cm³/mol. The lowest BCUT2D eigenvalue weighted by molar-refractivity contribution is 0.0402. The van der Waals surface area contributed by atoms with Gasteiger partial charge in [0.1, 0.15) is 0 Å². The summed E-state index contributed by atoms with van der Waals surface area (Å²) in [6.07, 6.45) is 2.43. The first kappa shape index (κ1) is 11.7. The van der Waals surface area contributed by atoms with Gasteiger partial charge in [-0.15, -0.1) is 11.3 Å². The summed E-state index contributed by atoms with van der Waals surface area (Å²) in [6, 6.07) is 1.68. The normalized spacial score (nSPS) is 28.3. The van der Waals surface area contributed by atoms with E-state index in [1.54, 1.807) is 0 Å². The summed E-state index contributed by atoms with van der Waals surface area (Å²) in [5.41, 5.74) is 7.02. The first-order valence-electron chi connectivity index (χ1n) is 4.93. The molecule has 2 heterocycles. The minimum atomic E-state index is -0.161. The number of nitrogens with two attached hydrogens (primary N) is 1. The van der Waals surface area contributed by atoms with E-state index in [1.807, 2.05) is 6.07 Å². The molecule has 0 amide bonds. The molecule has 84 valence electrons. The molecule has 3 atom stereocenters. The van der Waals surface area contributed by atoms with Crippen molar-refractivity contribution in [2.24, 2.45) is 5.73 Å². The molecule has 0 bridgehead atoms. The zero-order valence-electron chi connectivity index (χ0n) is 8.37. The molecule has 1 saturated heterocycles. The van der Waals surface area contributed by atoms with Crippen LogP contribution in [0.15, 0.2) is 6.07 Å². The van der Waals surface area contributed by atoms with Gasteiger partial charge in [0.2, 0.25) is 0 Å². The van der Waals surface area contributed by atoms with Gasteiger partial charge in [0, 0.05) is 5.56 Å². The molecule has 1 fully saturated rings. The number of ether oxygens (including phenoxy) is 1. The molecule has 0 aliphatic carbocycles. The SMILES string of the molecule is CC1CCC(C(N)c2cc(Cl)sc2Cl)O1. The quantitative estimate of drug-likeness (QED) is 0.887. The molecule has 1 aliphatic heterocycles. The highest BCUT2D eigenvalue weighted by atomic mass is 35.5. The third-order valence-electron chi connectivity index (χ3n) is 2.71. The van der Waals surface area contributed by atoms with Crippen molar-refractivity contribution in [3.8, 4) is 0 Å². The highest BCUT2D eigenvalue weighted by Crippen LogP contribution is 2.38. The van der Waals surface area contributed by atoms with Crippen molar-refractivity contribution in [2.45, 2.75) is 38.0 Å². The smallest absolute Gasteiger partial charge is 0.0992 e. The fourth-order valence-corrected chi connectivity index (χ4v) is 3.45. The van der Waals surface area contributed by atoms with E-state index in [-0.39, 0.29) is 12.1 Å². The maximum Gasteiger partial charge on any atom is 0.0992 e.